The molecule has 0 aliphatic heterocycles. The molecule has 0 atom stereocenters. The summed E-state index contributed by atoms with van der Waals surface area (Å²) < 4.78 is 5.18. The van der Waals surface area contributed by atoms with E-state index < -0.39 is 5.43 Å². The second-order valence-corrected chi connectivity index (χ2v) is 2.99. The van der Waals surface area contributed by atoms with Crippen LogP contribution in [0.25, 0.3) is 0 Å². The van der Waals surface area contributed by atoms with Crippen molar-refractivity contribution in [2.75, 3.05) is 0 Å². The van der Waals surface area contributed by atoms with Crippen LogP contribution in [0, 0.1) is 0 Å². The summed E-state index contributed by atoms with van der Waals surface area (Å²) in [5, 5.41) is 0. The molecule has 3 heteroatoms. The van der Waals surface area contributed by atoms with Crippen molar-refractivity contribution in [1.82, 2.24) is 0 Å². The molecule has 1 aromatic rings. The molecule has 12 heavy (non-hydrogen) atoms. The van der Waals surface area contributed by atoms with Gasteiger partial charge in [-0.3, -0.25) is 9.59 Å². The molecule has 0 spiro atoms. The predicted molar refractivity (Wildman–Crippen MR) is 46.5 cm³/mol. The third kappa shape index (κ3) is 1.26. The van der Waals surface area contributed by atoms with E-state index in [-0.39, 0.29) is 17.3 Å². The summed E-state index contributed by atoms with van der Waals surface area (Å²) in [5.41, 5.74) is -0.317. The summed E-state index contributed by atoms with van der Waals surface area (Å²) in [4.78, 5) is 21.8. The van der Waals surface area contributed by atoms with Gasteiger partial charge in [0.2, 0.25) is 5.43 Å². The average Bonchev–Trinajstić information content (AvgIpc) is 2.03. The van der Waals surface area contributed by atoms with E-state index >= 15 is 0 Å². The highest BCUT2D eigenvalue weighted by Crippen LogP contribution is 2.12. The number of rotatable bonds is 3. The van der Waals surface area contributed by atoms with Crippen LogP contribution >= 0.6 is 0 Å². The van der Waals surface area contributed by atoms with E-state index in [4.69, 9.17) is 4.74 Å². The molecule has 0 aliphatic rings. The van der Waals surface area contributed by atoms with E-state index in [1.165, 1.54) is 0 Å². The fourth-order valence-corrected chi connectivity index (χ4v) is 1.10. The zero-order valence-corrected chi connectivity index (χ0v) is 7.51. The Hall–Kier alpha value is -1.12. The van der Waals surface area contributed by atoms with Gasteiger partial charge in [0.25, 0.3) is 5.43 Å². The third-order valence-electron chi connectivity index (χ3n) is 1.67. The lowest BCUT2D eigenvalue weighted by Gasteiger charge is -2.13. The van der Waals surface area contributed by atoms with Crippen LogP contribution < -0.4 is 15.6 Å². The van der Waals surface area contributed by atoms with Gasteiger partial charge in [0.15, 0.2) is 5.75 Å². The van der Waals surface area contributed by atoms with Crippen molar-refractivity contribution < 1.29 is 4.74 Å². The monoisotopic (exact) mass is 168 g/mol. The predicted octanol–water partition coefficient (Wildman–Crippen LogP) is 0.632. The Morgan fingerprint density at radius 3 is 2.25 bits per heavy atom. The highest BCUT2D eigenvalue weighted by Gasteiger charge is 2.20. The molecule has 0 saturated carbocycles. The maximum absolute atomic E-state index is 10.9. The number of hydrogen-bond donors (Lipinski definition) is 0. The van der Waals surface area contributed by atoms with Crippen molar-refractivity contribution in [3.8, 4) is 5.75 Å². The van der Waals surface area contributed by atoms with Gasteiger partial charge < -0.3 is 4.74 Å². The molecule has 66 valence electrons. The summed E-state index contributed by atoms with van der Waals surface area (Å²) in [6.45, 7) is 5.50. The Kier molecular flexibility index (Phi) is 2.31. The molecular weight excluding hydrogens is 156 g/mol. The molecule has 0 saturated heterocycles. The Morgan fingerprint density at radius 1 is 1.25 bits per heavy atom. The molecule has 0 N–H and O–H groups in total. The van der Waals surface area contributed by atoms with E-state index in [1.54, 1.807) is 0 Å². The van der Waals surface area contributed by atoms with Crippen molar-refractivity contribution in [1.29, 1.82) is 0 Å². The highest BCUT2D eigenvalue weighted by atomic mass is 16.5. The second kappa shape index (κ2) is 3.09. The van der Waals surface area contributed by atoms with E-state index in [2.05, 4.69) is 0 Å². The molecule has 3 nitrogen and oxygen atoms in total. The van der Waals surface area contributed by atoms with E-state index in [0.717, 1.165) is 0 Å². The quantitative estimate of drug-likeness (QED) is 0.622. The minimum Gasteiger partial charge on any atom is -0.486 e. The fourth-order valence-electron chi connectivity index (χ4n) is 1.10. The van der Waals surface area contributed by atoms with Gasteiger partial charge in [-0.1, -0.05) is 6.92 Å². The molecule has 0 aromatic heterocycles. The van der Waals surface area contributed by atoms with Gasteiger partial charge in [-0.25, -0.2) is 0 Å². The van der Waals surface area contributed by atoms with Gasteiger partial charge >= 0.3 is 0 Å². The lowest BCUT2D eigenvalue weighted by atomic mass is 10.1. The number of hydrogen-bond acceptors (Lipinski definition) is 3. The topological polar surface area (TPSA) is 43.4 Å². The van der Waals surface area contributed by atoms with Crippen LogP contribution in [0.15, 0.2) is 9.59 Å². The smallest absolute Gasteiger partial charge is 0.268 e. The fraction of sp³-hybridized carbons (Fsp3) is 0.556. The zero-order chi connectivity index (χ0) is 9.30. The van der Waals surface area contributed by atoms with Crippen molar-refractivity contribution in [3.63, 3.8) is 0 Å². The zero-order valence-electron chi connectivity index (χ0n) is 7.51. The third-order valence-corrected chi connectivity index (χ3v) is 1.67. The molecule has 0 aliphatic carbocycles. The van der Waals surface area contributed by atoms with Crippen LogP contribution in [-0.2, 0) is 6.42 Å². The summed E-state index contributed by atoms with van der Waals surface area (Å²) in [7, 11) is 0. The Labute approximate surface area is 70.7 Å². The van der Waals surface area contributed by atoms with Crippen molar-refractivity contribution in [3.05, 3.63) is 26.0 Å². The Morgan fingerprint density at radius 2 is 1.83 bits per heavy atom. The number of ether oxygens (including phenoxy) is 1. The minimum absolute atomic E-state index is 0.0430. The summed E-state index contributed by atoms with van der Waals surface area (Å²) in [6, 6.07) is 0. The summed E-state index contributed by atoms with van der Waals surface area (Å²) in [6.07, 6.45) is 0.533. The summed E-state index contributed by atoms with van der Waals surface area (Å²) in [5.74, 6) is 0.275. The lowest BCUT2D eigenvalue weighted by Crippen LogP contribution is -2.37. The highest BCUT2D eigenvalue weighted by molar-refractivity contribution is 5.39. The molecule has 1 rings (SSSR count). The van der Waals surface area contributed by atoms with Crippen LogP contribution in [0.1, 0.15) is 26.3 Å². The van der Waals surface area contributed by atoms with Crippen molar-refractivity contribution in [2.45, 2.75) is 33.3 Å². The van der Waals surface area contributed by atoms with Crippen LogP contribution in [0.5, 0.6) is 5.75 Å². The molecule has 0 radical (unpaired) electrons. The van der Waals surface area contributed by atoms with Crippen LogP contribution in [0.4, 0.5) is 0 Å². The normalized spacial score (nSPS) is 11.0. The van der Waals surface area contributed by atoms with Gasteiger partial charge in [0.05, 0.1) is 6.10 Å². The first-order chi connectivity index (χ1) is 5.57. The average molecular weight is 168 g/mol. The second-order valence-electron chi connectivity index (χ2n) is 2.99. The molecule has 0 amide bonds. The first-order valence-electron chi connectivity index (χ1n) is 4.06. The van der Waals surface area contributed by atoms with Crippen LogP contribution in [0.2, 0.25) is 0 Å². The lowest BCUT2D eigenvalue weighted by molar-refractivity contribution is 0.234. The first-order valence-corrected chi connectivity index (χ1v) is 4.06. The minimum atomic E-state index is -0.472. The van der Waals surface area contributed by atoms with E-state index in [1.807, 2.05) is 20.8 Å². The van der Waals surface area contributed by atoms with Crippen molar-refractivity contribution >= 4 is 0 Å². The van der Waals surface area contributed by atoms with Gasteiger partial charge in [-0.15, -0.1) is 0 Å². The maximum Gasteiger partial charge on any atom is 0.268 e. The molecule has 0 fully saturated rings. The van der Waals surface area contributed by atoms with Crippen LogP contribution in [0.3, 0.4) is 0 Å². The maximum atomic E-state index is 10.9. The van der Waals surface area contributed by atoms with Crippen LogP contribution in [-0.4, -0.2) is 6.10 Å². The SMILES string of the molecule is CCc1c(OC(C)C)c(=O)c1=O. The van der Waals surface area contributed by atoms with Gasteiger partial charge in [-0.05, 0) is 20.3 Å². The van der Waals surface area contributed by atoms with Gasteiger partial charge in [-0.2, -0.15) is 0 Å². The molecule has 0 heterocycles. The first kappa shape index (κ1) is 8.97. The molecule has 1 aromatic carbocycles. The van der Waals surface area contributed by atoms with E-state index in [0.29, 0.717) is 12.0 Å². The molecule has 0 unspecified atom stereocenters. The molecular formula is C9H12O3. The van der Waals surface area contributed by atoms with Gasteiger partial charge in [0, 0.05) is 5.56 Å². The summed E-state index contributed by atoms with van der Waals surface area (Å²) >= 11 is 0. The molecule has 0 bridgehead atoms. The van der Waals surface area contributed by atoms with E-state index in [9.17, 15) is 9.59 Å². The van der Waals surface area contributed by atoms with Crippen molar-refractivity contribution in [2.24, 2.45) is 0 Å². The standard InChI is InChI=1S/C9H12O3/c1-4-6-7(10)8(11)9(6)12-5(2)3/h5H,4H2,1-3H3. The Bertz CT molecular complexity index is 342. The Balaban J connectivity index is 2.94. The van der Waals surface area contributed by atoms with Gasteiger partial charge in [0.1, 0.15) is 0 Å². The largest absolute Gasteiger partial charge is 0.486 e.